The molecular weight excluding hydrogens is 436 g/mol. The van der Waals surface area contributed by atoms with Gasteiger partial charge in [0.15, 0.2) is 9.84 Å². The molecule has 174 valence electrons. The summed E-state index contributed by atoms with van der Waals surface area (Å²) in [7, 11) is -1.18. The van der Waals surface area contributed by atoms with Crippen LogP contribution >= 0.6 is 0 Å². The molecule has 1 aromatic carbocycles. The molecule has 2 atom stereocenters. The molecule has 0 radical (unpaired) electrons. The molecule has 0 saturated carbocycles. The minimum atomic E-state index is -3.21. The second kappa shape index (κ2) is 9.43. The van der Waals surface area contributed by atoms with E-state index in [2.05, 4.69) is 43.6 Å². The fraction of sp³-hybridized carbons (Fsp3) is 0.417. The van der Waals surface area contributed by atoms with E-state index in [1.807, 2.05) is 19.4 Å². The van der Waals surface area contributed by atoms with Crippen LogP contribution in [0.1, 0.15) is 19.4 Å². The molecule has 3 heterocycles. The van der Waals surface area contributed by atoms with Crippen molar-refractivity contribution in [3.05, 3.63) is 54.6 Å². The summed E-state index contributed by atoms with van der Waals surface area (Å²) in [6.07, 6.45) is 9.47. The maximum absolute atomic E-state index is 11.6. The van der Waals surface area contributed by atoms with Crippen molar-refractivity contribution in [3.63, 3.8) is 0 Å². The van der Waals surface area contributed by atoms with Gasteiger partial charge in [-0.3, -0.25) is 4.98 Å². The molecule has 0 bridgehead atoms. The Morgan fingerprint density at radius 2 is 1.70 bits per heavy atom. The van der Waals surface area contributed by atoms with Gasteiger partial charge in [0, 0.05) is 50.9 Å². The number of nitrogens with zero attached hydrogens (tertiary/aromatic N) is 6. The molecule has 33 heavy (non-hydrogen) atoms. The molecule has 1 saturated heterocycles. The Balaban J connectivity index is 1.39. The van der Waals surface area contributed by atoms with E-state index in [-0.39, 0.29) is 0 Å². The largest absolute Gasteiger partial charge is 0.358 e. The lowest BCUT2D eigenvalue weighted by molar-refractivity contribution is 0.454. The molecule has 2 unspecified atom stereocenters. The predicted octanol–water partition coefficient (Wildman–Crippen LogP) is 3.11. The monoisotopic (exact) mass is 466 g/mol. The third kappa shape index (κ3) is 5.30. The van der Waals surface area contributed by atoms with Crippen LogP contribution in [0.25, 0.3) is 11.3 Å². The third-order valence-electron chi connectivity index (χ3n) is 6.27. The van der Waals surface area contributed by atoms with Gasteiger partial charge in [-0.25, -0.2) is 23.4 Å². The minimum Gasteiger partial charge on any atom is -0.358 e. The molecule has 1 aliphatic heterocycles. The van der Waals surface area contributed by atoms with Crippen LogP contribution in [-0.2, 0) is 16.3 Å². The highest BCUT2D eigenvalue weighted by Gasteiger charge is 2.32. The summed E-state index contributed by atoms with van der Waals surface area (Å²) < 4.78 is 23.3. The molecule has 9 heteroatoms. The van der Waals surface area contributed by atoms with Gasteiger partial charge in [0.2, 0.25) is 5.95 Å². The lowest BCUT2D eigenvalue weighted by atomic mass is 9.98. The summed E-state index contributed by atoms with van der Waals surface area (Å²) >= 11 is 0. The fourth-order valence-corrected chi connectivity index (χ4v) is 4.75. The summed E-state index contributed by atoms with van der Waals surface area (Å²) in [6.45, 7) is 7.09. The van der Waals surface area contributed by atoms with Crippen LogP contribution in [-0.4, -0.2) is 61.3 Å². The van der Waals surface area contributed by atoms with E-state index < -0.39 is 9.84 Å². The van der Waals surface area contributed by atoms with Crippen LogP contribution in [0.5, 0.6) is 0 Å². The van der Waals surface area contributed by atoms with Crippen molar-refractivity contribution in [1.29, 1.82) is 0 Å². The van der Waals surface area contributed by atoms with Gasteiger partial charge in [0.05, 0.1) is 23.0 Å². The Bertz CT molecular complexity index is 1180. The zero-order valence-electron chi connectivity index (χ0n) is 19.5. The van der Waals surface area contributed by atoms with E-state index in [9.17, 15) is 8.42 Å². The van der Waals surface area contributed by atoms with Gasteiger partial charge in [0.25, 0.3) is 0 Å². The Labute approximate surface area is 195 Å². The third-order valence-corrected chi connectivity index (χ3v) is 7.40. The lowest BCUT2D eigenvalue weighted by Gasteiger charge is -2.24. The molecular formula is C24H30N6O2S. The Hall–Kier alpha value is -3.07. The summed E-state index contributed by atoms with van der Waals surface area (Å²) in [4.78, 5) is 22.9. The molecule has 0 N–H and O–H groups in total. The number of benzene rings is 1. The number of sulfone groups is 1. The molecule has 0 amide bonds. The smallest absolute Gasteiger partial charge is 0.225 e. The normalized spacial score (nSPS) is 18.5. The zero-order chi connectivity index (χ0) is 23.6. The van der Waals surface area contributed by atoms with Crippen molar-refractivity contribution in [3.8, 4) is 11.3 Å². The average Bonchev–Trinajstić information content (AvgIpc) is 3.18. The number of aryl methyl sites for hydroxylation is 1. The quantitative estimate of drug-likeness (QED) is 0.524. The van der Waals surface area contributed by atoms with Crippen molar-refractivity contribution in [2.75, 3.05) is 42.7 Å². The molecule has 1 fully saturated rings. The average molecular weight is 467 g/mol. The highest BCUT2D eigenvalue weighted by molar-refractivity contribution is 7.90. The molecule has 0 spiro atoms. The fourth-order valence-electron chi connectivity index (χ4n) is 4.11. The van der Waals surface area contributed by atoms with E-state index in [1.165, 1.54) is 6.26 Å². The second-order valence-electron chi connectivity index (χ2n) is 8.82. The van der Waals surface area contributed by atoms with E-state index in [1.54, 1.807) is 36.7 Å². The molecule has 2 aromatic heterocycles. The van der Waals surface area contributed by atoms with Crippen LogP contribution in [0.2, 0.25) is 0 Å². The van der Waals surface area contributed by atoms with E-state index in [0.717, 1.165) is 48.9 Å². The first-order valence-electron chi connectivity index (χ1n) is 11.1. The second-order valence-corrected chi connectivity index (χ2v) is 10.8. The van der Waals surface area contributed by atoms with Gasteiger partial charge in [-0.2, -0.15) is 0 Å². The van der Waals surface area contributed by atoms with Crippen molar-refractivity contribution in [2.45, 2.75) is 25.2 Å². The molecule has 3 aromatic rings. The van der Waals surface area contributed by atoms with Crippen LogP contribution in [0.3, 0.4) is 0 Å². The van der Waals surface area contributed by atoms with Crippen molar-refractivity contribution >= 4 is 21.6 Å². The topological polar surface area (TPSA) is 92.2 Å². The number of aromatic nitrogens is 4. The Kier molecular flexibility index (Phi) is 6.60. The van der Waals surface area contributed by atoms with E-state index in [4.69, 9.17) is 0 Å². The molecule has 1 aliphatic rings. The Morgan fingerprint density at radius 1 is 1.00 bits per heavy atom. The summed E-state index contributed by atoms with van der Waals surface area (Å²) in [6, 6.07) is 6.71. The summed E-state index contributed by atoms with van der Waals surface area (Å²) in [5, 5.41) is 0. The van der Waals surface area contributed by atoms with Gasteiger partial charge in [-0.1, -0.05) is 26.0 Å². The predicted molar refractivity (Wildman–Crippen MR) is 130 cm³/mol. The standard InChI is InChI=1S/C24H30N6O2S/c1-5-18-10-27-24(28-11-18)30-14-17(2)20(16-30)15-29(3)23-13-25-22(12-26-23)19-6-8-21(9-7-19)33(4,31)32/h6-13,17,20H,5,14-16H2,1-4H3. The maximum Gasteiger partial charge on any atom is 0.225 e. The summed E-state index contributed by atoms with van der Waals surface area (Å²) in [5.41, 5.74) is 2.69. The number of hydrogen-bond acceptors (Lipinski definition) is 8. The van der Waals surface area contributed by atoms with Crippen LogP contribution in [0, 0.1) is 11.8 Å². The van der Waals surface area contributed by atoms with Gasteiger partial charge in [-0.05, 0) is 36.0 Å². The zero-order valence-corrected chi connectivity index (χ0v) is 20.3. The number of anilines is 2. The van der Waals surface area contributed by atoms with Crippen molar-refractivity contribution < 1.29 is 8.42 Å². The van der Waals surface area contributed by atoms with E-state index >= 15 is 0 Å². The number of hydrogen-bond donors (Lipinski definition) is 0. The van der Waals surface area contributed by atoms with Crippen LogP contribution in [0.15, 0.2) is 53.9 Å². The molecule has 4 rings (SSSR count). The molecule has 8 nitrogen and oxygen atoms in total. The first kappa shape index (κ1) is 23.1. The Morgan fingerprint density at radius 3 is 2.27 bits per heavy atom. The van der Waals surface area contributed by atoms with Gasteiger partial charge in [0.1, 0.15) is 5.82 Å². The SMILES string of the molecule is CCc1cnc(N2CC(C)C(CN(C)c3cnc(-c4ccc(S(C)(=O)=O)cc4)cn3)C2)nc1. The maximum atomic E-state index is 11.6. The van der Waals surface area contributed by atoms with Crippen LogP contribution in [0.4, 0.5) is 11.8 Å². The highest BCUT2D eigenvalue weighted by atomic mass is 32.2. The first-order valence-corrected chi connectivity index (χ1v) is 13.0. The lowest BCUT2D eigenvalue weighted by Crippen LogP contribution is -2.30. The van der Waals surface area contributed by atoms with Crippen LogP contribution < -0.4 is 9.80 Å². The molecule has 0 aliphatic carbocycles. The minimum absolute atomic E-state index is 0.294. The van der Waals surface area contributed by atoms with Crippen molar-refractivity contribution in [1.82, 2.24) is 19.9 Å². The van der Waals surface area contributed by atoms with Gasteiger partial charge in [-0.15, -0.1) is 0 Å². The highest BCUT2D eigenvalue weighted by Crippen LogP contribution is 2.28. The summed E-state index contributed by atoms with van der Waals surface area (Å²) in [5.74, 6) is 2.59. The first-order chi connectivity index (χ1) is 15.7. The number of rotatable bonds is 7. The van der Waals surface area contributed by atoms with E-state index in [0.29, 0.717) is 22.4 Å². The van der Waals surface area contributed by atoms with Crippen molar-refractivity contribution in [2.24, 2.45) is 11.8 Å². The van der Waals surface area contributed by atoms with Gasteiger partial charge < -0.3 is 9.80 Å². The van der Waals surface area contributed by atoms with Gasteiger partial charge >= 0.3 is 0 Å².